The van der Waals surface area contributed by atoms with E-state index >= 15 is 0 Å². The Hall–Kier alpha value is -0.820. The van der Waals surface area contributed by atoms with Crippen LogP contribution in [0.4, 0.5) is 0 Å². The Kier molecular flexibility index (Phi) is 3.58. The zero-order chi connectivity index (χ0) is 12.5. The zero-order valence-corrected chi connectivity index (χ0v) is 11.6. The van der Waals surface area contributed by atoms with Crippen LogP contribution < -0.4 is 5.32 Å². The zero-order valence-electron chi connectivity index (χ0n) is 11.6. The van der Waals surface area contributed by atoms with E-state index in [2.05, 4.69) is 57.3 Å². The van der Waals surface area contributed by atoms with Crippen molar-refractivity contribution in [1.82, 2.24) is 5.32 Å². The Morgan fingerprint density at radius 3 is 2.47 bits per heavy atom. The maximum absolute atomic E-state index is 3.56. The number of rotatable bonds is 1. The maximum Gasteiger partial charge on any atom is 0.00204 e. The summed E-state index contributed by atoms with van der Waals surface area (Å²) in [6.07, 6.45) is 1.32. The Bertz CT molecular complexity index is 375. The van der Waals surface area contributed by atoms with Gasteiger partial charge in [0.25, 0.3) is 0 Å². The van der Waals surface area contributed by atoms with E-state index in [4.69, 9.17) is 0 Å². The van der Waals surface area contributed by atoms with Crippen LogP contribution in [0.3, 0.4) is 0 Å². The summed E-state index contributed by atoms with van der Waals surface area (Å²) < 4.78 is 0. The molecule has 1 heteroatoms. The molecule has 2 rings (SSSR count). The fraction of sp³-hybridized carbons (Fsp3) is 0.625. The van der Waals surface area contributed by atoms with Crippen molar-refractivity contribution in [1.29, 1.82) is 0 Å². The molecule has 1 aromatic rings. The molecule has 0 bridgehead atoms. The van der Waals surface area contributed by atoms with Gasteiger partial charge in [-0.2, -0.15) is 0 Å². The fourth-order valence-electron chi connectivity index (χ4n) is 2.93. The molecule has 1 aromatic carbocycles. The predicted octanol–water partition coefficient (Wildman–Crippen LogP) is 3.70. The van der Waals surface area contributed by atoms with Crippen LogP contribution in [-0.2, 0) is 5.41 Å². The van der Waals surface area contributed by atoms with Crippen molar-refractivity contribution in [2.24, 2.45) is 5.92 Å². The van der Waals surface area contributed by atoms with Gasteiger partial charge in [0, 0.05) is 6.54 Å². The van der Waals surface area contributed by atoms with Gasteiger partial charge in [0.15, 0.2) is 0 Å². The van der Waals surface area contributed by atoms with Crippen molar-refractivity contribution in [3.05, 3.63) is 35.4 Å². The van der Waals surface area contributed by atoms with Crippen molar-refractivity contribution >= 4 is 0 Å². The molecule has 1 nitrogen and oxygen atoms in total. The molecule has 94 valence electrons. The minimum atomic E-state index is 0.247. The van der Waals surface area contributed by atoms with E-state index in [1.54, 1.807) is 5.56 Å². The van der Waals surface area contributed by atoms with Gasteiger partial charge in [-0.15, -0.1) is 0 Å². The van der Waals surface area contributed by atoms with Crippen LogP contribution in [0, 0.1) is 5.92 Å². The Balaban J connectivity index is 2.31. The van der Waals surface area contributed by atoms with Crippen molar-refractivity contribution in [2.45, 2.75) is 45.4 Å². The summed E-state index contributed by atoms with van der Waals surface area (Å²) in [5.74, 6) is 1.48. The van der Waals surface area contributed by atoms with Crippen LogP contribution in [0.25, 0.3) is 0 Å². The van der Waals surface area contributed by atoms with Crippen LogP contribution in [-0.4, -0.2) is 13.1 Å². The first-order chi connectivity index (χ1) is 7.98. The Morgan fingerprint density at radius 1 is 1.12 bits per heavy atom. The highest BCUT2D eigenvalue weighted by Gasteiger charge is 2.25. The summed E-state index contributed by atoms with van der Waals surface area (Å²) in [5.41, 5.74) is 3.32. The highest BCUT2D eigenvalue weighted by molar-refractivity contribution is 5.36. The average Bonchev–Trinajstić information content (AvgIpc) is 2.28. The average molecular weight is 231 g/mol. The number of piperidine rings is 1. The number of hydrogen-bond acceptors (Lipinski definition) is 1. The van der Waals surface area contributed by atoms with E-state index in [0.717, 1.165) is 12.5 Å². The lowest BCUT2D eigenvalue weighted by Crippen LogP contribution is -2.34. The SMILES string of the molecule is CC1CNCC(c2ccccc2C(C)(C)C)C1. The molecule has 2 atom stereocenters. The molecule has 1 aliphatic rings. The van der Waals surface area contributed by atoms with Crippen molar-refractivity contribution < 1.29 is 0 Å². The second-order valence-electron chi connectivity index (χ2n) is 6.53. The van der Waals surface area contributed by atoms with Crippen LogP contribution in [0.15, 0.2) is 24.3 Å². The van der Waals surface area contributed by atoms with E-state index in [-0.39, 0.29) is 5.41 Å². The number of hydrogen-bond donors (Lipinski definition) is 1. The molecule has 1 saturated heterocycles. The Labute approximate surface area is 106 Å². The summed E-state index contributed by atoms with van der Waals surface area (Å²) in [6, 6.07) is 8.98. The molecule has 0 spiro atoms. The van der Waals surface area contributed by atoms with E-state index in [1.807, 2.05) is 0 Å². The van der Waals surface area contributed by atoms with Crippen LogP contribution in [0.5, 0.6) is 0 Å². The van der Waals surface area contributed by atoms with Crippen molar-refractivity contribution in [2.75, 3.05) is 13.1 Å². The largest absolute Gasteiger partial charge is 0.316 e. The summed E-state index contributed by atoms with van der Waals surface area (Å²) >= 11 is 0. The molecule has 1 fully saturated rings. The standard InChI is InChI=1S/C16H25N/c1-12-9-13(11-17-10-12)14-7-5-6-8-15(14)16(2,3)4/h5-8,12-13,17H,9-11H2,1-4H3. The van der Waals surface area contributed by atoms with Crippen molar-refractivity contribution in [3.63, 3.8) is 0 Å². The van der Waals surface area contributed by atoms with Crippen LogP contribution >= 0.6 is 0 Å². The molecule has 2 unspecified atom stereocenters. The van der Waals surface area contributed by atoms with E-state index < -0.39 is 0 Å². The van der Waals surface area contributed by atoms with Gasteiger partial charge in [0.1, 0.15) is 0 Å². The molecule has 17 heavy (non-hydrogen) atoms. The van der Waals surface area contributed by atoms with Gasteiger partial charge in [0.2, 0.25) is 0 Å². The number of nitrogens with one attached hydrogen (secondary N) is 1. The topological polar surface area (TPSA) is 12.0 Å². The summed E-state index contributed by atoms with van der Waals surface area (Å²) in [7, 11) is 0. The highest BCUT2D eigenvalue weighted by Crippen LogP contribution is 2.34. The maximum atomic E-state index is 3.56. The van der Waals surface area contributed by atoms with E-state index in [1.165, 1.54) is 18.5 Å². The van der Waals surface area contributed by atoms with E-state index in [0.29, 0.717) is 5.92 Å². The first-order valence-electron chi connectivity index (χ1n) is 6.78. The third-order valence-electron chi connectivity index (χ3n) is 3.78. The van der Waals surface area contributed by atoms with Gasteiger partial charge in [-0.1, -0.05) is 52.0 Å². The number of benzene rings is 1. The third kappa shape index (κ3) is 2.90. The molecule has 1 N–H and O–H groups in total. The van der Waals surface area contributed by atoms with Crippen LogP contribution in [0.1, 0.15) is 51.2 Å². The predicted molar refractivity (Wildman–Crippen MR) is 74.5 cm³/mol. The fourth-order valence-corrected chi connectivity index (χ4v) is 2.93. The molecule has 0 aliphatic carbocycles. The van der Waals surface area contributed by atoms with Gasteiger partial charge in [-0.05, 0) is 41.3 Å². The van der Waals surface area contributed by atoms with Gasteiger partial charge in [-0.3, -0.25) is 0 Å². The minimum Gasteiger partial charge on any atom is -0.316 e. The molecule has 1 heterocycles. The normalized spacial score (nSPS) is 25.9. The lowest BCUT2D eigenvalue weighted by Gasteiger charge is -2.32. The second-order valence-corrected chi connectivity index (χ2v) is 6.53. The Morgan fingerprint density at radius 2 is 1.82 bits per heavy atom. The molecule has 0 radical (unpaired) electrons. The molecule has 1 aliphatic heterocycles. The summed E-state index contributed by atoms with van der Waals surface area (Å²) in [5, 5.41) is 3.56. The quantitative estimate of drug-likeness (QED) is 0.777. The second kappa shape index (κ2) is 4.81. The molecular formula is C16H25N. The van der Waals surface area contributed by atoms with Gasteiger partial charge in [0.05, 0.1) is 0 Å². The van der Waals surface area contributed by atoms with Crippen molar-refractivity contribution in [3.8, 4) is 0 Å². The lowest BCUT2D eigenvalue weighted by atomic mass is 9.77. The van der Waals surface area contributed by atoms with E-state index in [9.17, 15) is 0 Å². The van der Waals surface area contributed by atoms with Gasteiger partial charge < -0.3 is 5.32 Å². The molecular weight excluding hydrogens is 206 g/mol. The molecule has 0 saturated carbocycles. The first kappa shape index (κ1) is 12.6. The van der Waals surface area contributed by atoms with Gasteiger partial charge >= 0.3 is 0 Å². The molecule has 0 aromatic heterocycles. The summed E-state index contributed by atoms with van der Waals surface area (Å²) in [6.45, 7) is 11.6. The van der Waals surface area contributed by atoms with Crippen LogP contribution in [0.2, 0.25) is 0 Å². The van der Waals surface area contributed by atoms with Gasteiger partial charge in [-0.25, -0.2) is 0 Å². The lowest BCUT2D eigenvalue weighted by molar-refractivity contribution is 0.360. The highest BCUT2D eigenvalue weighted by atomic mass is 14.9. The molecule has 0 amide bonds. The minimum absolute atomic E-state index is 0.247. The first-order valence-corrected chi connectivity index (χ1v) is 6.78. The monoisotopic (exact) mass is 231 g/mol. The smallest absolute Gasteiger partial charge is 0.00204 e. The third-order valence-corrected chi connectivity index (χ3v) is 3.78. The summed E-state index contributed by atoms with van der Waals surface area (Å²) in [4.78, 5) is 0.